The summed E-state index contributed by atoms with van der Waals surface area (Å²) in [5.41, 5.74) is -0.491. The van der Waals surface area contributed by atoms with Crippen LogP contribution in [0.15, 0.2) is 16.8 Å². The van der Waals surface area contributed by atoms with E-state index in [0.717, 1.165) is 44.7 Å². The van der Waals surface area contributed by atoms with Crippen LogP contribution in [0.25, 0.3) is 0 Å². The Labute approximate surface area is 137 Å². The van der Waals surface area contributed by atoms with Crippen LogP contribution in [-0.2, 0) is 4.79 Å². The van der Waals surface area contributed by atoms with Crippen molar-refractivity contribution in [2.24, 2.45) is 34.2 Å². The average molecular weight is 319 g/mol. The number of allylic oxidation sites excluding steroid dienone is 1. The molecule has 0 amide bonds. The molecule has 4 aliphatic carbocycles. The fourth-order valence-corrected chi connectivity index (χ4v) is 6.50. The maximum Gasteiger partial charge on any atom is 0.155 e. The number of ketones is 1. The van der Waals surface area contributed by atoms with Crippen molar-refractivity contribution in [2.45, 2.75) is 64.0 Å². The summed E-state index contributed by atoms with van der Waals surface area (Å²) < 4.78 is 15.4. The van der Waals surface area contributed by atoms with Crippen molar-refractivity contribution in [2.75, 3.05) is 0 Å². The molecule has 0 aliphatic heterocycles. The maximum absolute atomic E-state index is 15.4. The van der Waals surface area contributed by atoms with Crippen molar-refractivity contribution in [3.8, 4) is 0 Å². The predicted octanol–water partition coefficient (Wildman–Crippen LogP) is 4.30. The lowest BCUT2D eigenvalue weighted by Crippen LogP contribution is -2.51. The highest BCUT2D eigenvalue weighted by molar-refractivity contribution is 5.91. The van der Waals surface area contributed by atoms with Gasteiger partial charge in [-0.2, -0.15) is 0 Å². The number of rotatable bonds is 1. The first-order chi connectivity index (χ1) is 11.0. The van der Waals surface area contributed by atoms with E-state index in [4.69, 9.17) is 5.21 Å². The number of alkyl halides is 1. The summed E-state index contributed by atoms with van der Waals surface area (Å²) in [7, 11) is 0. The van der Waals surface area contributed by atoms with E-state index in [1.54, 1.807) is 0 Å². The minimum absolute atomic E-state index is 0.290. The van der Waals surface area contributed by atoms with Crippen LogP contribution in [-0.4, -0.2) is 22.9 Å². The van der Waals surface area contributed by atoms with Crippen molar-refractivity contribution in [1.82, 2.24) is 0 Å². The molecule has 3 nitrogen and oxygen atoms in total. The predicted molar refractivity (Wildman–Crippen MR) is 86.2 cm³/mol. The Morgan fingerprint density at radius 1 is 1.22 bits per heavy atom. The minimum Gasteiger partial charge on any atom is -0.411 e. The SMILES string of the molecule is CC12CCC3C4CCC(=O)C=C4CCC3C1CCC2(F)/C=N/O. The number of oxime groups is 1. The van der Waals surface area contributed by atoms with Crippen LogP contribution in [0.1, 0.15) is 58.3 Å². The summed E-state index contributed by atoms with van der Waals surface area (Å²) in [6.07, 6.45) is 10.1. The van der Waals surface area contributed by atoms with Gasteiger partial charge < -0.3 is 5.21 Å². The lowest BCUT2D eigenvalue weighted by molar-refractivity contribution is -0.116. The molecule has 4 rings (SSSR count). The van der Waals surface area contributed by atoms with E-state index < -0.39 is 11.1 Å². The van der Waals surface area contributed by atoms with E-state index in [2.05, 4.69) is 12.1 Å². The van der Waals surface area contributed by atoms with Crippen molar-refractivity contribution >= 4 is 12.0 Å². The number of fused-ring (bicyclic) bond motifs is 5. The van der Waals surface area contributed by atoms with Gasteiger partial charge in [-0.3, -0.25) is 4.79 Å². The third kappa shape index (κ3) is 2.06. The largest absolute Gasteiger partial charge is 0.411 e. The van der Waals surface area contributed by atoms with Crippen LogP contribution in [0.2, 0.25) is 0 Å². The fraction of sp³-hybridized carbons (Fsp3) is 0.789. The smallest absolute Gasteiger partial charge is 0.155 e. The molecular weight excluding hydrogens is 293 g/mol. The second kappa shape index (κ2) is 5.15. The van der Waals surface area contributed by atoms with Crippen LogP contribution in [0, 0.1) is 29.1 Å². The average Bonchev–Trinajstić information content (AvgIpc) is 2.79. The zero-order chi connectivity index (χ0) is 16.2. The molecule has 4 heteroatoms. The quantitative estimate of drug-likeness (QED) is 0.445. The van der Waals surface area contributed by atoms with E-state index in [0.29, 0.717) is 36.5 Å². The maximum atomic E-state index is 15.4. The number of hydrogen-bond acceptors (Lipinski definition) is 3. The first kappa shape index (κ1) is 15.3. The van der Waals surface area contributed by atoms with E-state index in [1.807, 2.05) is 6.08 Å². The Morgan fingerprint density at radius 3 is 2.83 bits per heavy atom. The molecule has 0 saturated heterocycles. The minimum atomic E-state index is -1.46. The van der Waals surface area contributed by atoms with Gasteiger partial charge in [0.05, 0.1) is 6.21 Å². The van der Waals surface area contributed by atoms with Gasteiger partial charge in [-0.05, 0) is 74.7 Å². The number of carbonyl (C=O) groups is 1. The highest BCUT2D eigenvalue weighted by atomic mass is 19.1. The summed E-state index contributed by atoms with van der Waals surface area (Å²) in [6.45, 7) is 2.07. The van der Waals surface area contributed by atoms with Gasteiger partial charge in [0, 0.05) is 11.8 Å². The molecule has 126 valence electrons. The van der Waals surface area contributed by atoms with E-state index >= 15 is 4.39 Å². The first-order valence-electron chi connectivity index (χ1n) is 9.09. The zero-order valence-electron chi connectivity index (χ0n) is 13.8. The second-order valence-electron chi connectivity index (χ2n) is 8.41. The van der Waals surface area contributed by atoms with Gasteiger partial charge >= 0.3 is 0 Å². The van der Waals surface area contributed by atoms with E-state index in [1.165, 1.54) is 5.57 Å². The summed E-state index contributed by atoms with van der Waals surface area (Å²) >= 11 is 0. The molecule has 0 aromatic rings. The van der Waals surface area contributed by atoms with Gasteiger partial charge in [0.15, 0.2) is 11.5 Å². The number of carbonyl (C=O) groups excluding carboxylic acids is 1. The van der Waals surface area contributed by atoms with Crippen molar-refractivity contribution in [1.29, 1.82) is 0 Å². The van der Waals surface area contributed by atoms with E-state index in [9.17, 15) is 4.79 Å². The molecular formula is C19H26FNO2. The van der Waals surface area contributed by atoms with Crippen LogP contribution in [0.5, 0.6) is 0 Å². The van der Waals surface area contributed by atoms with Gasteiger partial charge in [0.25, 0.3) is 0 Å². The summed E-state index contributed by atoms with van der Waals surface area (Å²) in [5, 5.41) is 12.0. The highest BCUT2D eigenvalue weighted by Crippen LogP contribution is 2.65. The monoisotopic (exact) mass is 319 g/mol. The Kier molecular flexibility index (Phi) is 3.44. The Hall–Kier alpha value is -1.19. The highest BCUT2D eigenvalue weighted by Gasteiger charge is 2.63. The van der Waals surface area contributed by atoms with Crippen LogP contribution >= 0.6 is 0 Å². The topological polar surface area (TPSA) is 49.7 Å². The molecule has 6 atom stereocenters. The molecule has 3 saturated carbocycles. The van der Waals surface area contributed by atoms with E-state index in [-0.39, 0.29) is 5.78 Å². The van der Waals surface area contributed by atoms with Gasteiger partial charge in [0.1, 0.15) is 0 Å². The molecule has 0 heterocycles. The fourth-order valence-electron chi connectivity index (χ4n) is 6.50. The normalized spacial score (nSPS) is 49.5. The molecule has 0 aromatic heterocycles. The lowest BCUT2D eigenvalue weighted by Gasteiger charge is -2.54. The molecule has 4 aliphatic rings. The zero-order valence-corrected chi connectivity index (χ0v) is 13.8. The number of halogens is 1. The molecule has 1 N–H and O–H groups in total. The van der Waals surface area contributed by atoms with Crippen molar-refractivity contribution in [3.63, 3.8) is 0 Å². The number of nitrogens with zero attached hydrogens (tertiary/aromatic N) is 1. The lowest BCUT2D eigenvalue weighted by atomic mass is 9.51. The van der Waals surface area contributed by atoms with Gasteiger partial charge in [0.2, 0.25) is 0 Å². The Bertz CT molecular complexity index is 586. The molecule has 3 fully saturated rings. The van der Waals surface area contributed by atoms with Gasteiger partial charge in [-0.15, -0.1) is 0 Å². The molecule has 6 unspecified atom stereocenters. The van der Waals surface area contributed by atoms with Crippen molar-refractivity contribution < 1.29 is 14.4 Å². The van der Waals surface area contributed by atoms with Gasteiger partial charge in [-0.25, -0.2) is 4.39 Å². The molecule has 0 aromatic carbocycles. The second-order valence-corrected chi connectivity index (χ2v) is 8.41. The standard InChI is InChI=1S/C19H26FNO2/c1-18-8-6-15-14-5-3-13(22)10-12(14)2-4-16(15)17(18)7-9-19(18,20)11-21-23/h10-11,14-17,23H,2-9H2,1H3/b21-11+. The molecule has 0 radical (unpaired) electrons. The van der Waals surface area contributed by atoms with Crippen LogP contribution < -0.4 is 0 Å². The Morgan fingerprint density at radius 2 is 2.04 bits per heavy atom. The molecule has 0 bridgehead atoms. The summed E-state index contributed by atoms with van der Waals surface area (Å²) in [4.78, 5) is 11.7. The summed E-state index contributed by atoms with van der Waals surface area (Å²) in [5.74, 6) is 2.40. The third-order valence-electron chi connectivity index (χ3n) is 7.72. The molecule has 23 heavy (non-hydrogen) atoms. The number of hydrogen-bond donors (Lipinski definition) is 1. The van der Waals surface area contributed by atoms with Crippen LogP contribution in [0.3, 0.4) is 0 Å². The summed E-state index contributed by atoms with van der Waals surface area (Å²) in [6, 6.07) is 0. The third-order valence-corrected chi connectivity index (χ3v) is 7.72. The van der Waals surface area contributed by atoms with Gasteiger partial charge in [-0.1, -0.05) is 17.7 Å². The molecule has 0 spiro atoms. The van der Waals surface area contributed by atoms with Crippen LogP contribution in [0.4, 0.5) is 4.39 Å². The van der Waals surface area contributed by atoms with Crippen molar-refractivity contribution in [3.05, 3.63) is 11.6 Å². The first-order valence-corrected chi connectivity index (χ1v) is 9.09. The Balaban J connectivity index is 1.64.